The van der Waals surface area contributed by atoms with Crippen LogP contribution in [0.3, 0.4) is 0 Å². The van der Waals surface area contributed by atoms with Gasteiger partial charge in [-0.3, -0.25) is 0 Å². The van der Waals surface area contributed by atoms with Crippen LogP contribution in [0.4, 0.5) is 5.69 Å². The van der Waals surface area contributed by atoms with Crippen molar-refractivity contribution in [1.82, 2.24) is 10.3 Å². The molecule has 0 bridgehead atoms. The fourth-order valence-corrected chi connectivity index (χ4v) is 4.79. The Morgan fingerprint density at radius 2 is 1.85 bits per heavy atom. The van der Waals surface area contributed by atoms with Gasteiger partial charge in [-0.2, -0.15) is 0 Å². The van der Waals surface area contributed by atoms with Gasteiger partial charge < -0.3 is 16.0 Å². The van der Waals surface area contributed by atoms with Crippen LogP contribution >= 0.6 is 0 Å². The second kappa shape index (κ2) is 12.6. The standard InChI is InChI=1S/C28H36N4.C2H6/c1-4-21-9-12-25-27(17-21)31-26(24-10-7-22(8-11-24)6-5-14-30-3)18-28(25)32-15-13-23(19-32)16-20(2)29;1-2/h7-12,17-18,23,30H,2,4-6,13-16,19,29H2,1,3H3;1-2H3/t23-;/m0./s1. The van der Waals surface area contributed by atoms with E-state index in [9.17, 15) is 0 Å². The maximum Gasteiger partial charge on any atom is 0.0733 e. The molecule has 1 atom stereocenters. The molecule has 1 fully saturated rings. The predicted octanol–water partition coefficient (Wildman–Crippen LogP) is 6.33. The Balaban J connectivity index is 0.00000158. The molecule has 4 rings (SSSR count). The highest BCUT2D eigenvalue weighted by molar-refractivity contribution is 5.94. The molecule has 1 aliphatic rings. The SMILES string of the molecule is C=C(N)C[C@@H]1CCN(c2cc(-c3ccc(CCCNC)cc3)nc3cc(CC)ccc23)C1.CC. The van der Waals surface area contributed by atoms with Gasteiger partial charge in [-0.15, -0.1) is 0 Å². The Labute approximate surface area is 206 Å². The third-order valence-electron chi connectivity index (χ3n) is 6.58. The lowest BCUT2D eigenvalue weighted by molar-refractivity contribution is 0.581. The summed E-state index contributed by atoms with van der Waals surface area (Å²) >= 11 is 0. The van der Waals surface area contributed by atoms with Crippen molar-refractivity contribution in [3.8, 4) is 11.3 Å². The van der Waals surface area contributed by atoms with Crippen molar-refractivity contribution in [2.75, 3.05) is 31.6 Å². The molecule has 0 aliphatic carbocycles. The van der Waals surface area contributed by atoms with E-state index in [0.29, 0.717) is 5.92 Å². The smallest absolute Gasteiger partial charge is 0.0733 e. The van der Waals surface area contributed by atoms with E-state index in [-0.39, 0.29) is 0 Å². The molecule has 0 amide bonds. The summed E-state index contributed by atoms with van der Waals surface area (Å²) in [5.41, 5.74) is 14.0. The van der Waals surface area contributed by atoms with Gasteiger partial charge in [0.25, 0.3) is 0 Å². The Hall–Kier alpha value is -2.85. The molecule has 1 aliphatic heterocycles. The quantitative estimate of drug-likeness (QED) is 0.368. The molecule has 3 aromatic rings. The summed E-state index contributed by atoms with van der Waals surface area (Å²) < 4.78 is 0. The summed E-state index contributed by atoms with van der Waals surface area (Å²) in [5, 5.41) is 4.46. The van der Waals surface area contributed by atoms with Gasteiger partial charge in [0, 0.05) is 35.4 Å². The lowest BCUT2D eigenvalue weighted by Gasteiger charge is -2.22. The van der Waals surface area contributed by atoms with Gasteiger partial charge in [0.2, 0.25) is 0 Å². The minimum atomic E-state index is 0.575. The molecule has 2 heterocycles. The van der Waals surface area contributed by atoms with Crippen LogP contribution in [0.5, 0.6) is 0 Å². The van der Waals surface area contributed by atoms with Crippen molar-refractivity contribution < 1.29 is 0 Å². The zero-order valence-corrected chi connectivity index (χ0v) is 21.5. The number of nitrogens with one attached hydrogen (secondary N) is 1. The largest absolute Gasteiger partial charge is 0.403 e. The van der Waals surface area contributed by atoms with Gasteiger partial charge in [0.15, 0.2) is 0 Å². The average Bonchev–Trinajstić information content (AvgIpc) is 3.32. The van der Waals surface area contributed by atoms with E-state index in [2.05, 4.69) is 72.3 Å². The van der Waals surface area contributed by atoms with E-state index >= 15 is 0 Å². The van der Waals surface area contributed by atoms with E-state index < -0.39 is 0 Å². The number of rotatable bonds is 9. The molecular formula is C30H42N4. The number of pyridine rings is 1. The van der Waals surface area contributed by atoms with Crippen LogP contribution in [0.2, 0.25) is 0 Å². The topological polar surface area (TPSA) is 54.2 Å². The van der Waals surface area contributed by atoms with Crippen LogP contribution in [0.1, 0.15) is 51.2 Å². The molecule has 4 nitrogen and oxygen atoms in total. The highest BCUT2D eigenvalue weighted by atomic mass is 15.2. The van der Waals surface area contributed by atoms with E-state index in [0.717, 1.165) is 68.6 Å². The fraction of sp³-hybridized carbons (Fsp3) is 0.433. The Morgan fingerprint density at radius 3 is 2.53 bits per heavy atom. The number of allylic oxidation sites excluding steroid dienone is 1. The molecule has 0 radical (unpaired) electrons. The number of nitrogens with zero attached hydrogens (tertiary/aromatic N) is 2. The number of anilines is 1. The molecular weight excluding hydrogens is 416 g/mol. The van der Waals surface area contributed by atoms with Gasteiger partial charge in [0.1, 0.15) is 0 Å². The Morgan fingerprint density at radius 1 is 1.12 bits per heavy atom. The summed E-state index contributed by atoms with van der Waals surface area (Å²) in [5.74, 6) is 0.575. The normalized spacial score (nSPS) is 15.3. The zero-order valence-electron chi connectivity index (χ0n) is 21.5. The molecule has 0 saturated carbocycles. The first kappa shape index (κ1) is 25.8. The number of hydrogen-bond acceptors (Lipinski definition) is 4. The molecule has 0 unspecified atom stereocenters. The van der Waals surface area contributed by atoms with Crippen molar-refractivity contribution in [3.63, 3.8) is 0 Å². The van der Waals surface area contributed by atoms with Crippen LogP contribution in [-0.2, 0) is 12.8 Å². The predicted molar refractivity (Wildman–Crippen MR) is 148 cm³/mol. The summed E-state index contributed by atoms with van der Waals surface area (Å²) in [6, 6.07) is 18.0. The van der Waals surface area contributed by atoms with Crippen molar-refractivity contribution in [1.29, 1.82) is 0 Å². The Bertz CT molecular complexity index is 1070. The van der Waals surface area contributed by atoms with Crippen LogP contribution in [0.25, 0.3) is 22.2 Å². The van der Waals surface area contributed by atoms with Crippen molar-refractivity contribution in [3.05, 3.63) is 71.9 Å². The third kappa shape index (κ3) is 6.38. The summed E-state index contributed by atoms with van der Waals surface area (Å²) in [4.78, 5) is 7.60. The van der Waals surface area contributed by atoms with Gasteiger partial charge in [-0.05, 0) is 74.9 Å². The number of aryl methyl sites for hydroxylation is 2. The number of aromatic nitrogens is 1. The van der Waals surface area contributed by atoms with Crippen LogP contribution in [0, 0.1) is 5.92 Å². The molecule has 2 aromatic carbocycles. The number of hydrogen-bond donors (Lipinski definition) is 2. The van der Waals surface area contributed by atoms with Crippen molar-refractivity contribution in [2.45, 2.75) is 52.9 Å². The van der Waals surface area contributed by atoms with E-state index in [1.54, 1.807) is 0 Å². The summed E-state index contributed by atoms with van der Waals surface area (Å²) in [6.45, 7) is 13.2. The second-order valence-corrected chi connectivity index (χ2v) is 9.10. The van der Waals surface area contributed by atoms with Gasteiger partial charge in [0.05, 0.1) is 11.2 Å². The number of nitrogens with two attached hydrogens (primary N) is 1. The highest BCUT2D eigenvalue weighted by Gasteiger charge is 2.25. The first-order valence-corrected chi connectivity index (χ1v) is 12.9. The molecule has 1 aromatic heterocycles. The van der Waals surface area contributed by atoms with Crippen LogP contribution in [-0.4, -0.2) is 31.7 Å². The van der Waals surface area contributed by atoms with Crippen LogP contribution in [0.15, 0.2) is 60.8 Å². The first-order valence-electron chi connectivity index (χ1n) is 12.9. The molecule has 34 heavy (non-hydrogen) atoms. The third-order valence-corrected chi connectivity index (χ3v) is 6.58. The van der Waals surface area contributed by atoms with E-state index in [1.165, 1.54) is 27.8 Å². The molecule has 1 saturated heterocycles. The summed E-state index contributed by atoms with van der Waals surface area (Å²) in [7, 11) is 2.00. The molecule has 3 N–H and O–H groups in total. The number of fused-ring (bicyclic) bond motifs is 1. The van der Waals surface area contributed by atoms with Crippen molar-refractivity contribution >= 4 is 16.6 Å². The Kier molecular flexibility index (Phi) is 9.52. The molecule has 4 heteroatoms. The highest BCUT2D eigenvalue weighted by Crippen LogP contribution is 2.35. The first-order chi connectivity index (χ1) is 16.6. The van der Waals surface area contributed by atoms with E-state index in [1.807, 2.05) is 20.9 Å². The zero-order chi connectivity index (χ0) is 24.5. The maximum atomic E-state index is 5.90. The van der Waals surface area contributed by atoms with Gasteiger partial charge >= 0.3 is 0 Å². The molecule has 182 valence electrons. The maximum absolute atomic E-state index is 5.90. The van der Waals surface area contributed by atoms with E-state index in [4.69, 9.17) is 10.7 Å². The minimum Gasteiger partial charge on any atom is -0.403 e. The van der Waals surface area contributed by atoms with Gasteiger partial charge in [-0.25, -0.2) is 4.98 Å². The number of benzene rings is 2. The summed E-state index contributed by atoms with van der Waals surface area (Å²) in [6.07, 6.45) is 5.33. The lowest BCUT2D eigenvalue weighted by atomic mass is 10.0. The van der Waals surface area contributed by atoms with Crippen molar-refractivity contribution in [2.24, 2.45) is 11.7 Å². The van der Waals surface area contributed by atoms with Crippen LogP contribution < -0.4 is 16.0 Å². The van der Waals surface area contributed by atoms with Gasteiger partial charge in [-0.1, -0.05) is 63.7 Å². The molecule has 0 spiro atoms. The monoisotopic (exact) mass is 458 g/mol. The average molecular weight is 459 g/mol. The lowest BCUT2D eigenvalue weighted by Crippen LogP contribution is -2.20. The second-order valence-electron chi connectivity index (χ2n) is 9.10. The fourth-order valence-electron chi connectivity index (χ4n) is 4.79. The minimum absolute atomic E-state index is 0.575.